The van der Waals surface area contributed by atoms with Crippen molar-refractivity contribution in [1.29, 1.82) is 0 Å². The second kappa shape index (κ2) is 4.27. The molecule has 0 amide bonds. The Hall–Kier alpha value is 0.270. The average Bonchev–Trinajstić information content (AvgIpc) is 3.03. The highest BCUT2D eigenvalue weighted by molar-refractivity contribution is 7.99. The van der Waals surface area contributed by atoms with E-state index < -0.39 is 0 Å². The Morgan fingerprint density at radius 1 is 1.07 bits per heavy atom. The first-order valence-corrected chi connectivity index (χ1v) is 7.50. The summed E-state index contributed by atoms with van der Waals surface area (Å²) in [6, 6.07) is 1.59. The molecule has 3 fully saturated rings. The Labute approximate surface area is 96.5 Å². The van der Waals surface area contributed by atoms with Crippen molar-refractivity contribution in [3.63, 3.8) is 0 Å². The fourth-order valence-electron chi connectivity index (χ4n) is 2.85. The van der Waals surface area contributed by atoms with Gasteiger partial charge in [0.25, 0.3) is 0 Å². The predicted octanol–water partition coefficient (Wildman–Crippen LogP) is 2.18. The summed E-state index contributed by atoms with van der Waals surface area (Å²) in [7, 11) is 0. The van der Waals surface area contributed by atoms with E-state index in [4.69, 9.17) is 4.74 Å². The van der Waals surface area contributed by atoms with E-state index in [1.165, 1.54) is 50.0 Å². The summed E-state index contributed by atoms with van der Waals surface area (Å²) in [5.41, 5.74) is 0.260. The first kappa shape index (κ1) is 10.4. The predicted molar refractivity (Wildman–Crippen MR) is 64.4 cm³/mol. The molecule has 1 aliphatic carbocycles. The van der Waals surface area contributed by atoms with Gasteiger partial charge in [-0.1, -0.05) is 0 Å². The van der Waals surface area contributed by atoms with Crippen LogP contribution in [0.1, 0.15) is 38.5 Å². The van der Waals surface area contributed by atoms with E-state index in [1.807, 2.05) is 0 Å². The zero-order chi connectivity index (χ0) is 10.1. The number of hydrogen-bond acceptors (Lipinski definition) is 3. The molecule has 0 aromatic carbocycles. The van der Waals surface area contributed by atoms with Gasteiger partial charge in [0.2, 0.25) is 0 Å². The molecule has 2 saturated heterocycles. The Morgan fingerprint density at radius 3 is 2.60 bits per heavy atom. The van der Waals surface area contributed by atoms with Crippen molar-refractivity contribution in [2.75, 3.05) is 18.1 Å². The van der Waals surface area contributed by atoms with Gasteiger partial charge in [-0.2, -0.15) is 11.8 Å². The lowest BCUT2D eigenvalue weighted by molar-refractivity contribution is -0.0933. The van der Waals surface area contributed by atoms with Crippen molar-refractivity contribution in [2.24, 2.45) is 0 Å². The molecule has 3 aliphatic rings. The fourth-order valence-corrected chi connectivity index (χ4v) is 4.08. The van der Waals surface area contributed by atoms with E-state index in [2.05, 4.69) is 17.1 Å². The van der Waals surface area contributed by atoms with Crippen molar-refractivity contribution < 1.29 is 4.74 Å². The van der Waals surface area contributed by atoms with Crippen LogP contribution in [-0.4, -0.2) is 35.8 Å². The summed E-state index contributed by atoms with van der Waals surface area (Å²) in [6.45, 7) is 0.981. The van der Waals surface area contributed by atoms with Crippen molar-refractivity contribution in [3.8, 4) is 0 Å². The van der Waals surface area contributed by atoms with Gasteiger partial charge in [-0.25, -0.2) is 0 Å². The first-order valence-electron chi connectivity index (χ1n) is 6.34. The molecule has 2 aliphatic heterocycles. The summed E-state index contributed by atoms with van der Waals surface area (Å²) >= 11 is 2.09. The van der Waals surface area contributed by atoms with Crippen LogP contribution in [0.15, 0.2) is 0 Å². The molecule has 3 rings (SSSR count). The minimum absolute atomic E-state index is 0.260. The van der Waals surface area contributed by atoms with Crippen LogP contribution in [0.5, 0.6) is 0 Å². The van der Waals surface area contributed by atoms with Gasteiger partial charge in [0.15, 0.2) is 0 Å². The molecule has 0 bridgehead atoms. The highest BCUT2D eigenvalue weighted by atomic mass is 32.2. The van der Waals surface area contributed by atoms with Gasteiger partial charge in [0.05, 0.1) is 5.60 Å². The molecular weight excluding hydrogens is 206 g/mol. The van der Waals surface area contributed by atoms with Gasteiger partial charge >= 0.3 is 0 Å². The lowest BCUT2D eigenvalue weighted by Crippen LogP contribution is -2.49. The van der Waals surface area contributed by atoms with E-state index in [9.17, 15) is 0 Å². The molecule has 3 heteroatoms. The molecule has 86 valence electrons. The maximum atomic E-state index is 6.09. The van der Waals surface area contributed by atoms with Crippen LogP contribution in [0.4, 0.5) is 0 Å². The second-order valence-corrected chi connectivity index (χ2v) is 6.50. The van der Waals surface area contributed by atoms with E-state index in [1.54, 1.807) is 0 Å². The lowest BCUT2D eigenvalue weighted by atomic mass is 9.85. The van der Waals surface area contributed by atoms with Crippen LogP contribution in [0.2, 0.25) is 0 Å². The van der Waals surface area contributed by atoms with Crippen LogP contribution in [0.25, 0.3) is 0 Å². The molecule has 2 heterocycles. The number of thioether (sulfide) groups is 1. The molecule has 0 aromatic heterocycles. The molecule has 1 N–H and O–H groups in total. The normalized spacial score (nSPS) is 35.6. The van der Waals surface area contributed by atoms with E-state index >= 15 is 0 Å². The Bertz CT molecular complexity index is 218. The van der Waals surface area contributed by atoms with Gasteiger partial charge in [-0.05, 0) is 50.0 Å². The van der Waals surface area contributed by atoms with Crippen molar-refractivity contribution in [1.82, 2.24) is 5.32 Å². The monoisotopic (exact) mass is 227 g/mol. The Kier molecular flexibility index (Phi) is 2.97. The minimum atomic E-state index is 0.260. The molecule has 15 heavy (non-hydrogen) atoms. The van der Waals surface area contributed by atoms with Gasteiger partial charge in [0, 0.05) is 18.7 Å². The van der Waals surface area contributed by atoms with Crippen LogP contribution in [-0.2, 0) is 4.74 Å². The SMILES string of the molecule is C1CC(NC2CC2)CC2(CCSCC2)O1. The zero-order valence-electron chi connectivity index (χ0n) is 9.34. The summed E-state index contributed by atoms with van der Waals surface area (Å²) in [6.07, 6.45) is 7.86. The number of rotatable bonds is 2. The lowest BCUT2D eigenvalue weighted by Gasteiger charge is -2.43. The van der Waals surface area contributed by atoms with Crippen LogP contribution >= 0.6 is 11.8 Å². The zero-order valence-corrected chi connectivity index (χ0v) is 10.2. The summed E-state index contributed by atoms with van der Waals surface area (Å²) in [5.74, 6) is 2.60. The largest absolute Gasteiger partial charge is 0.375 e. The van der Waals surface area contributed by atoms with Crippen LogP contribution < -0.4 is 5.32 Å². The number of hydrogen-bond donors (Lipinski definition) is 1. The highest BCUT2D eigenvalue weighted by Gasteiger charge is 2.39. The van der Waals surface area contributed by atoms with Crippen LogP contribution in [0, 0.1) is 0 Å². The second-order valence-electron chi connectivity index (χ2n) is 5.27. The number of nitrogens with one attached hydrogen (secondary N) is 1. The molecule has 1 spiro atoms. The Balaban J connectivity index is 1.58. The smallest absolute Gasteiger partial charge is 0.0713 e. The third-order valence-electron chi connectivity index (χ3n) is 3.95. The minimum Gasteiger partial charge on any atom is -0.375 e. The number of ether oxygens (including phenoxy) is 1. The van der Waals surface area contributed by atoms with Crippen molar-refractivity contribution in [3.05, 3.63) is 0 Å². The quantitative estimate of drug-likeness (QED) is 0.781. The van der Waals surface area contributed by atoms with Gasteiger partial charge < -0.3 is 10.1 Å². The van der Waals surface area contributed by atoms with Crippen molar-refractivity contribution >= 4 is 11.8 Å². The molecule has 2 nitrogen and oxygen atoms in total. The first-order chi connectivity index (χ1) is 7.36. The molecule has 1 unspecified atom stereocenters. The Morgan fingerprint density at radius 2 is 1.87 bits per heavy atom. The molecule has 0 radical (unpaired) electrons. The van der Waals surface area contributed by atoms with E-state index in [0.29, 0.717) is 0 Å². The van der Waals surface area contributed by atoms with Gasteiger partial charge in [-0.3, -0.25) is 0 Å². The van der Waals surface area contributed by atoms with Crippen LogP contribution in [0.3, 0.4) is 0 Å². The molecule has 1 saturated carbocycles. The maximum Gasteiger partial charge on any atom is 0.0713 e. The topological polar surface area (TPSA) is 21.3 Å². The third-order valence-corrected chi connectivity index (χ3v) is 4.93. The summed E-state index contributed by atoms with van der Waals surface area (Å²) < 4.78 is 6.09. The molecule has 1 atom stereocenters. The van der Waals surface area contributed by atoms with Crippen molar-refractivity contribution in [2.45, 2.75) is 56.2 Å². The molecule has 0 aromatic rings. The van der Waals surface area contributed by atoms with Gasteiger partial charge in [0.1, 0.15) is 0 Å². The average molecular weight is 227 g/mol. The molecular formula is C12H21NOS. The highest BCUT2D eigenvalue weighted by Crippen LogP contribution is 2.38. The third kappa shape index (κ3) is 2.51. The maximum absolute atomic E-state index is 6.09. The van der Waals surface area contributed by atoms with Gasteiger partial charge in [-0.15, -0.1) is 0 Å². The summed E-state index contributed by atoms with van der Waals surface area (Å²) in [4.78, 5) is 0. The fraction of sp³-hybridized carbons (Fsp3) is 1.00. The van der Waals surface area contributed by atoms with E-state index in [0.717, 1.165) is 18.7 Å². The standard InChI is InChI=1S/C12H21NOS/c1-2-10(1)13-11-3-6-14-12(9-11)4-7-15-8-5-12/h10-11,13H,1-9H2. The summed E-state index contributed by atoms with van der Waals surface area (Å²) in [5, 5.41) is 3.78. The van der Waals surface area contributed by atoms with E-state index in [-0.39, 0.29) is 5.60 Å².